The van der Waals surface area contributed by atoms with Gasteiger partial charge in [0.25, 0.3) is 5.56 Å². The quantitative estimate of drug-likeness (QED) is 0.484. The van der Waals surface area contributed by atoms with Gasteiger partial charge in [0.15, 0.2) is 11.9 Å². The van der Waals surface area contributed by atoms with E-state index in [1.807, 2.05) is 6.07 Å². The molecule has 0 saturated heterocycles. The van der Waals surface area contributed by atoms with E-state index in [4.69, 9.17) is 0 Å². The predicted molar refractivity (Wildman–Crippen MR) is 128 cm³/mol. The summed E-state index contributed by atoms with van der Waals surface area (Å²) in [6.07, 6.45) is 9.55. The number of pyridine rings is 1. The summed E-state index contributed by atoms with van der Waals surface area (Å²) >= 11 is 1.16. The summed E-state index contributed by atoms with van der Waals surface area (Å²) in [5.74, 6) is -0.547. The van der Waals surface area contributed by atoms with Gasteiger partial charge >= 0.3 is 5.97 Å². The van der Waals surface area contributed by atoms with Gasteiger partial charge in [0.05, 0.1) is 5.71 Å². The van der Waals surface area contributed by atoms with E-state index in [-0.39, 0.29) is 12.0 Å². The minimum Gasteiger partial charge on any atom is -0.480 e. The number of nitrogens with zero attached hydrogens (tertiary/aromatic N) is 6. The van der Waals surface area contributed by atoms with E-state index in [0.717, 1.165) is 35.3 Å². The number of aliphatic carboxylic acids is 1. The maximum Gasteiger partial charge on any atom is 0.328 e. The Morgan fingerprint density at radius 2 is 1.88 bits per heavy atom. The molecule has 6 rings (SSSR count). The molecule has 0 amide bonds. The highest BCUT2D eigenvalue weighted by molar-refractivity contribution is 7.15. The Balaban J connectivity index is 1.37. The first-order valence-corrected chi connectivity index (χ1v) is 11.9. The molecule has 4 heterocycles. The van der Waals surface area contributed by atoms with Gasteiger partial charge in [0, 0.05) is 30.6 Å². The Morgan fingerprint density at radius 1 is 1.09 bits per heavy atom. The van der Waals surface area contributed by atoms with Gasteiger partial charge in [0.1, 0.15) is 4.53 Å². The van der Waals surface area contributed by atoms with Crippen molar-refractivity contribution in [3.63, 3.8) is 0 Å². The molecule has 1 aliphatic carbocycles. The first-order chi connectivity index (χ1) is 16.6. The molecule has 0 radical (unpaired) electrons. The second kappa shape index (κ2) is 8.14. The molecule has 1 aliphatic heterocycles. The van der Waals surface area contributed by atoms with Crippen LogP contribution in [0, 0.1) is 0 Å². The Bertz CT molecular complexity index is 1560. The molecule has 0 spiro atoms. The Labute approximate surface area is 197 Å². The van der Waals surface area contributed by atoms with Gasteiger partial charge in [0.2, 0.25) is 4.96 Å². The van der Waals surface area contributed by atoms with E-state index in [1.165, 1.54) is 39.7 Å². The van der Waals surface area contributed by atoms with Gasteiger partial charge in [-0.15, -0.1) is 5.10 Å². The third kappa shape index (κ3) is 3.56. The van der Waals surface area contributed by atoms with Gasteiger partial charge in [-0.3, -0.25) is 14.8 Å². The predicted octanol–water partition coefficient (Wildman–Crippen LogP) is 2.11. The highest BCUT2D eigenvalue weighted by Gasteiger charge is 2.32. The van der Waals surface area contributed by atoms with Crippen molar-refractivity contribution in [3.8, 4) is 11.4 Å². The van der Waals surface area contributed by atoms with Gasteiger partial charge < -0.3 is 5.11 Å². The minimum absolute atomic E-state index is 0.270. The molecule has 0 saturated carbocycles. The lowest BCUT2D eigenvalue weighted by molar-refractivity contribution is -0.141. The number of hydrazone groups is 1. The van der Waals surface area contributed by atoms with Crippen molar-refractivity contribution >= 4 is 34.2 Å². The van der Waals surface area contributed by atoms with Crippen molar-refractivity contribution in [3.05, 3.63) is 74.3 Å². The molecule has 0 fully saturated rings. The number of fused-ring (bicyclic) bond motifs is 2. The lowest BCUT2D eigenvalue weighted by Crippen LogP contribution is -2.34. The van der Waals surface area contributed by atoms with Crippen molar-refractivity contribution in [1.82, 2.24) is 24.6 Å². The molecular weight excluding hydrogens is 452 g/mol. The molecule has 9 nitrogen and oxygen atoms in total. The molecule has 34 heavy (non-hydrogen) atoms. The van der Waals surface area contributed by atoms with Crippen LogP contribution in [0.25, 0.3) is 22.5 Å². The van der Waals surface area contributed by atoms with Crippen molar-refractivity contribution in [1.29, 1.82) is 0 Å². The highest BCUT2D eigenvalue weighted by Crippen LogP contribution is 2.26. The average molecular weight is 473 g/mol. The zero-order chi connectivity index (χ0) is 23.2. The number of hydrogen-bond acceptors (Lipinski definition) is 8. The van der Waals surface area contributed by atoms with Crippen LogP contribution in [0.5, 0.6) is 0 Å². The average Bonchev–Trinajstić information content (AvgIpc) is 3.55. The molecule has 0 bridgehead atoms. The van der Waals surface area contributed by atoms with Crippen molar-refractivity contribution < 1.29 is 9.90 Å². The topological polar surface area (TPSA) is 113 Å². The van der Waals surface area contributed by atoms with Crippen molar-refractivity contribution in [2.24, 2.45) is 5.10 Å². The summed E-state index contributed by atoms with van der Waals surface area (Å²) in [5, 5.41) is 20.1. The fourth-order valence-corrected chi connectivity index (χ4v) is 5.38. The van der Waals surface area contributed by atoms with Gasteiger partial charge in [-0.05, 0) is 60.6 Å². The summed E-state index contributed by atoms with van der Waals surface area (Å²) in [6.45, 7) is 0. The minimum atomic E-state index is -0.986. The standard InChI is InChI=1S/C24H20N6O3S/c31-22-20(34-24-26-21(28-30(22)24)15-7-9-25-10-8-15)13-29-19(23(32)33)12-18(27-29)17-6-5-14-3-1-2-4-16(14)11-17/h5-11,13,19H,1-4,12H2,(H,32,33)/b20-13-. The number of aryl methyl sites for hydroxylation is 2. The Morgan fingerprint density at radius 3 is 2.65 bits per heavy atom. The first kappa shape index (κ1) is 20.7. The summed E-state index contributed by atoms with van der Waals surface area (Å²) in [7, 11) is 0. The molecule has 1 aromatic carbocycles. The molecule has 10 heteroatoms. The number of carbonyl (C=O) groups is 1. The smallest absolute Gasteiger partial charge is 0.328 e. The number of benzene rings is 1. The lowest BCUT2D eigenvalue weighted by Gasteiger charge is -2.16. The van der Waals surface area contributed by atoms with Gasteiger partial charge in [-0.2, -0.15) is 14.6 Å². The van der Waals surface area contributed by atoms with Crippen LogP contribution in [-0.2, 0) is 17.6 Å². The maximum atomic E-state index is 13.0. The van der Waals surface area contributed by atoms with Crippen molar-refractivity contribution in [2.45, 2.75) is 38.1 Å². The molecule has 1 N–H and O–H groups in total. The van der Waals surface area contributed by atoms with Gasteiger partial charge in [-0.25, -0.2) is 4.79 Å². The summed E-state index contributed by atoms with van der Waals surface area (Å²) in [4.78, 5) is 33.8. The van der Waals surface area contributed by atoms with Crippen LogP contribution in [0.2, 0.25) is 0 Å². The number of aromatic nitrogens is 4. The van der Waals surface area contributed by atoms with Crippen LogP contribution in [0.3, 0.4) is 0 Å². The zero-order valence-electron chi connectivity index (χ0n) is 18.1. The highest BCUT2D eigenvalue weighted by atomic mass is 32.1. The van der Waals surface area contributed by atoms with E-state index in [9.17, 15) is 14.7 Å². The third-order valence-corrected chi connectivity index (χ3v) is 7.23. The molecule has 2 aliphatic rings. The van der Waals surface area contributed by atoms with Crippen LogP contribution in [0.4, 0.5) is 0 Å². The lowest BCUT2D eigenvalue weighted by atomic mass is 9.89. The van der Waals surface area contributed by atoms with Crippen LogP contribution in [0.1, 0.15) is 36.0 Å². The zero-order valence-corrected chi connectivity index (χ0v) is 18.9. The third-order valence-electron chi connectivity index (χ3n) is 6.28. The van der Waals surface area contributed by atoms with Crippen LogP contribution in [-0.4, -0.2) is 47.4 Å². The fourth-order valence-electron chi connectivity index (χ4n) is 4.50. The Hall–Kier alpha value is -3.92. The number of carboxylic acids is 1. The number of hydrogen-bond donors (Lipinski definition) is 1. The largest absolute Gasteiger partial charge is 0.480 e. The van der Waals surface area contributed by atoms with Gasteiger partial charge in [-0.1, -0.05) is 23.5 Å². The van der Waals surface area contributed by atoms with E-state index in [0.29, 0.717) is 21.0 Å². The van der Waals surface area contributed by atoms with E-state index < -0.39 is 12.0 Å². The van der Waals surface area contributed by atoms with Crippen LogP contribution in [0.15, 0.2) is 52.6 Å². The van der Waals surface area contributed by atoms with E-state index in [2.05, 4.69) is 32.3 Å². The monoisotopic (exact) mass is 472 g/mol. The van der Waals surface area contributed by atoms with E-state index in [1.54, 1.807) is 24.5 Å². The van der Waals surface area contributed by atoms with Crippen LogP contribution < -0.4 is 10.1 Å². The van der Waals surface area contributed by atoms with Crippen molar-refractivity contribution in [2.75, 3.05) is 0 Å². The molecule has 1 atom stereocenters. The molecule has 170 valence electrons. The molecule has 4 aromatic rings. The fraction of sp³-hybridized carbons (Fsp3) is 0.250. The molecule has 1 unspecified atom stereocenters. The SMILES string of the molecule is O=C(O)C1CC(c2ccc3c(c2)CCCC3)=NN1/C=c1\sc2nc(-c3ccncc3)nn2c1=O. The molecular formula is C24H20N6O3S. The summed E-state index contributed by atoms with van der Waals surface area (Å²) in [5.41, 5.74) is 4.75. The second-order valence-corrected chi connectivity index (χ2v) is 9.45. The normalized spacial score (nSPS) is 18.4. The number of thiazole rings is 1. The number of carboxylic acid groups (broad SMARTS) is 1. The second-order valence-electron chi connectivity index (χ2n) is 8.44. The summed E-state index contributed by atoms with van der Waals surface area (Å²) in [6, 6.07) is 8.96. The number of rotatable bonds is 4. The first-order valence-electron chi connectivity index (χ1n) is 11.1. The Kier molecular flexibility index (Phi) is 4.95. The summed E-state index contributed by atoms with van der Waals surface area (Å²) < 4.78 is 1.57. The molecule has 3 aromatic heterocycles. The maximum absolute atomic E-state index is 13.0. The van der Waals surface area contributed by atoms with E-state index >= 15 is 0 Å². The van der Waals surface area contributed by atoms with Crippen LogP contribution >= 0.6 is 11.3 Å².